The molecule has 0 heterocycles. The number of rotatable bonds is 17. The van der Waals surface area contributed by atoms with Crippen molar-refractivity contribution in [3.63, 3.8) is 0 Å². The molecule has 0 rings (SSSR count). The SMILES string of the molecule is C=C(C)C(=O)OCCC(C)CCCCCCCCCCCCCC. The van der Waals surface area contributed by atoms with E-state index in [9.17, 15) is 4.79 Å². The molecule has 0 aromatic carbocycles. The first-order valence-electron chi connectivity index (χ1n) is 10.4. The Labute approximate surface area is 151 Å². The van der Waals surface area contributed by atoms with E-state index >= 15 is 0 Å². The van der Waals surface area contributed by atoms with Gasteiger partial charge in [0.25, 0.3) is 0 Å². The fraction of sp³-hybridized carbons (Fsp3) is 0.864. The molecule has 0 amide bonds. The van der Waals surface area contributed by atoms with Crippen molar-refractivity contribution in [2.75, 3.05) is 6.61 Å². The van der Waals surface area contributed by atoms with Crippen LogP contribution in [0.1, 0.15) is 111 Å². The van der Waals surface area contributed by atoms with Crippen molar-refractivity contribution in [2.24, 2.45) is 5.92 Å². The van der Waals surface area contributed by atoms with Crippen molar-refractivity contribution in [3.8, 4) is 0 Å². The second-order valence-corrected chi connectivity index (χ2v) is 7.49. The van der Waals surface area contributed by atoms with Crippen LogP contribution in [0.5, 0.6) is 0 Å². The van der Waals surface area contributed by atoms with Crippen molar-refractivity contribution in [3.05, 3.63) is 12.2 Å². The Bertz CT molecular complexity index is 309. The molecule has 0 saturated carbocycles. The zero-order chi connectivity index (χ0) is 18.0. The molecule has 1 unspecified atom stereocenters. The van der Waals surface area contributed by atoms with Crippen LogP contribution in [0.25, 0.3) is 0 Å². The molecule has 0 aliphatic heterocycles. The Kier molecular flexibility index (Phi) is 16.5. The van der Waals surface area contributed by atoms with Gasteiger partial charge in [-0.25, -0.2) is 4.79 Å². The van der Waals surface area contributed by atoms with E-state index in [-0.39, 0.29) is 5.97 Å². The van der Waals surface area contributed by atoms with Crippen molar-refractivity contribution in [2.45, 2.75) is 111 Å². The van der Waals surface area contributed by atoms with Gasteiger partial charge in [0.2, 0.25) is 0 Å². The summed E-state index contributed by atoms with van der Waals surface area (Å²) in [5.74, 6) is 0.388. The van der Waals surface area contributed by atoms with Gasteiger partial charge in [0.05, 0.1) is 6.61 Å². The minimum Gasteiger partial charge on any atom is -0.462 e. The van der Waals surface area contributed by atoms with Gasteiger partial charge in [0.15, 0.2) is 0 Å². The zero-order valence-electron chi connectivity index (χ0n) is 16.7. The van der Waals surface area contributed by atoms with Crippen molar-refractivity contribution < 1.29 is 9.53 Å². The Morgan fingerprint density at radius 1 is 0.833 bits per heavy atom. The van der Waals surface area contributed by atoms with Crippen molar-refractivity contribution >= 4 is 5.97 Å². The van der Waals surface area contributed by atoms with Crippen LogP contribution in [0, 0.1) is 5.92 Å². The highest BCUT2D eigenvalue weighted by Gasteiger charge is 2.06. The van der Waals surface area contributed by atoms with Crippen molar-refractivity contribution in [1.82, 2.24) is 0 Å². The minimum atomic E-state index is -0.257. The first-order chi connectivity index (χ1) is 11.6. The van der Waals surface area contributed by atoms with Crippen LogP contribution < -0.4 is 0 Å². The molecule has 0 aliphatic carbocycles. The molecule has 0 spiro atoms. The molecule has 0 aromatic rings. The van der Waals surface area contributed by atoms with Gasteiger partial charge in [-0.15, -0.1) is 0 Å². The molecule has 0 saturated heterocycles. The van der Waals surface area contributed by atoms with Gasteiger partial charge in [-0.3, -0.25) is 0 Å². The van der Waals surface area contributed by atoms with Crippen LogP contribution in [-0.2, 0) is 9.53 Å². The third-order valence-corrected chi connectivity index (χ3v) is 4.74. The largest absolute Gasteiger partial charge is 0.462 e. The lowest BCUT2D eigenvalue weighted by Crippen LogP contribution is -2.09. The molecule has 24 heavy (non-hydrogen) atoms. The normalized spacial score (nSPS) is 12.1. The Hall–Kier alpha value is -0.790. The van der Waals surface area contributed by atoms with Crippen LogP contribution in [-0.4, -0.2) is 12.6 Å². The van der Waals surface area contributed by atoms with Gasteiger partial charge in [-0.1, -0.05) is 104 Å². The Morgan fingerprint density at radius 3 is 1.75 bits per heavy atom. The topological polar surface area (TPSA) is 26.3 Å². The first-order valence-corrected chi connectivity index (χ1v) is 10.4. The standard InChI is InChI=1S/C22H42O2/c1-5-6-7-8-9-10-11-12-13-14-15-16-17-21(4)18-19-24-22(23)20(2)3/h21H,2,5-19H2,1,3-4H3. The van der Waals surface area contributed by atoms with Crippen LogP contribution >= 0.6 is 0 Å². The summed E-state index contributed by atoms with van der Waals surface area (Å²) in [6, 6.07) is 0. The van der Waals surface area contributed by atoms with Crippen LogP contribution in [0.3, 0.4) is 0 Å². The molecule has 0 aliphatic rings. The second-order valence-electron chi connectivity index (χ2n) is 7.49. The number of carbonyl (C=O) groups is 1. The summed E-state index contributed by atoms with van der Waals surface area (Å²) in [7, 11) is 0. The highest BCUT2D eigenvalue weighted by atomic mass is 16.5. The summed E-state index contributed by atoms with van der Waals surface area (Å²) in [6.45, 7) is 10.4. The summed E-state index contributed by atoms with van der Waals surface area (Å²) in [5, 5.41) is 0. The fourth-order valence-electron chi connectivity index (χ4n) is 2.95. The molecular formula is C22H42O2. The molecule has 2 heteroatoms. The lowest BCUT2D eigenvalue weighted by molar-refractivity contribution is -0.139. The van der Waals surface area contributed by atoms with Crippen LogP contribution in [0.2, 0.25) is 0 Å². The number of ether oxygens (including phenoxy) is 1. The van der Waals surface area contributed by atoms with Gasteiger partial charge in [0.1, 0.15) is 0 Å². The molecule has 142 valence electrons. The first kappa shape index (κ1) is 23.2. The second kappa shape index (κ2) is 17.0. The maximum Gasteiger partial charge on any atom is 0.333 e. The maximum absolute atomic E-state index is 11.3. The van der Waals surface area contributed by atoms with E-state index in [1.807, 2.05) is 0 Å². The van der Waals surface area contributed by atoms with E-state index in [1.54, 1.807) is 6.92 Å². The molecule has 0 bridgehead atoms. The summed E-state index contributed by atoms with van der Waals surface area (Å²) in [4.78, 5) is 11.3. The Morgan fingerprint density at radius 2 is 1.29 bits per heavy atom. The maximum atomic E-state index is 11.3. The molecule has 0 N–H and O–H groups in total. The quantitative estimate of drug-likeness (QED) is 0.159. The van der Waals surface area contributed by atoms with Gasteiger partial charge in [-0.2, -0.15) is 0 Å². The number of hydrogen-bond donors (Lipinski definition) is 0. The van der Waals surface area contributed by atoms with Crippen LogP contribution in [0.15, 0.2) is 12.2 Å². The smallest absolute Gasteiger partial charge is 0.333 e. The molecule has 0 aromatic heterocycles. The lowest BCUT2D eigenvalue weighted by Gasteiger charge is -2.11. The predicted molar refractivity (Wildman–Crippen MR) is 105 cm³/mol. The predicted octanol–water partition coefficient (Wildman–Crippen LogP) is 7.22. The molecule has 2 nitrogen and oxygen atoms in total. The number of esters is 1. The summed E-state index contributed by atoms with van der Waals surface area (Å²) >= 11 is 0. The zero-order valence-corrected chi connectivity index (χ0v) is 16.7. The minimum absolute atomic E-state index is 0.257. The van der Waals surface area contributed by atoms with E-state index in [4.69, 9.17) is 4.74 Å². The summed E-state index contributed by atoms with van der Waals surface area (Å²) in [5.41, 5.74) is 0.489. The number of unbranched alkanes of at least 4 members (excludes halogenated alkanes) is 11. The van der Waals surface area contributed by atoms with Crippen molar-refractivity contribution in [1.29, 1.82) is 0 Å². The highest BCUT2D eigenvalue weighted by Crippen LogP contribution is 2.16. The van der Waals surface area contributed by atoms with Gasteiger partial charge in [-0.05, 0) is 19.3 Å². The molecule has 1 atom stereocenters. The number of hydrogen-bond acceptors (Lipinski definition) is 2. The molecular weight excluding hydrogens is 296 g/mol. The van der Waals surface area contributed by atoms with Crippen LogP contribution in [0.4, 0.5) is 0 Å². The average molecular weight is 339 g/mol. The van der Waals surface area contributed by atoms with Gasteiger partial charge < -0.3 is 4.74 Å². The average Bonchev–Trinajstić information content (AvgIpc) is 2.55. The monoisotopic (exact) mass is 338 g/mol. The van der Waals surface area contributed by atoms with E-state index in [0.717, 1.165) is 6.42 Å². The number of carbonyl (C=O) groups excluding carboxylic acids is 1. The molecule has 0 fully saturated rings. The third kappa shape index (κ3) is 16.1. The Balaban J connectivity index is 3.23. The third-order valence-electron chi connectivity index (χ3n) is 4.74. The summed E-state index contributed by atoms with van der Waals surface area (Å²) in [6.07, 6.45) is 19.0. The molecule has 0 radical (unpaired) electrons. The van der Waals surface area contributed by atoms with Gasteiger partial charge >= 0.3 is 5.97 Å². The van der Waals surface area contributed by atoms with E-state index in [2.05, 4.69) is 20.4 Å². The highest BCUT2D eigenvalue weighted by molar-refractivity contribution is 5.86. The fourth-order valence-corrected chi connectivity index (χ4v) is 2.95. The summed E-state index contributed by atoms with van der Waals surface area (Å²) < 4.78 is 5.15. The van der Waals surface area contributed by atoms with Gasteiger partial charge in [0, 0.05) is 5.57 Å². The lowest BCUT2D eigenvalue weighted by atomic mass is 9.99. The van der Waals surface area contributed by atoms with E-state index in [0.29, 0.717) is 18.1 Å². The van der Waals surface area contributed by atoms with E-state index < -0.39 is 0 Å². The van der Waals surface area contributed by atoms with E-state index in [1.165, 1.54) is 83.5 Å².